The Balaban J connectivity index is 6.13. The number of aliphatic hydroxyl groups excluding tert-OH is 5. The molecule has 0 heterocycles. The Morgan fingerprint density at radius 3 is 0.906 bits per heavy atom. The van der Waals surface area contributed by atoms with Crippen LogP contribution in [0.15, 0.2) is 0 Å². The molecule has 0 unspecified atom stereocenters. The Bertz CT molecular complexity index is 1760. The smallest absolute Gasteiger partial charge is 0.328 e. The van der Waals surface area contributed by atoms with Gasteiger partial charge in [-0.15, -0.1) is 0 Å². The first-order valence-electron chi connectivity index (χ1n) is 18.1. The first-order valence-corrected chi connectivity index (χ1v) is 18.1. The zero-order chi connectivity index (χ0) is 49.6. The van der Waals surface area contributed by atoms with E-state index >= 15 is 0 Å². The number of amides is 8. The van der Waals surface area contributed by atoms with Crippen LogP contribution in [0.1, 0.15) is 32.6 Å². The van der Waals surface area contributed by atoms with E-state index in [0.29, 0.717) is 0 Å². The molecule has 64 heavy (non-hydrogen) atoms. The summed E-state index contributed by atoms with van der Waals surface area (Å²) in [6.45, 7) is -3.96. The third-order valence-corrected chi connectivity index (χ3v) is 8.07. The zero-order valence-electron chi connectivity index (χ0n) is 33.3. The van der Waals surface area contributed by atoms with Crippen molar-refractivity contribution in [1.82, 2.24) is 42.5 Å². The number of carbonyl (C=O) groups is 13. The minimum absolute atomic E-state index is 0.943. The molecule has 0 radical (unpaired) electrons. The molecule has 32 heteroatoms. The summed E-state index contributed by atoms with van der Waals surface area (Å²) in [6, 6.07) is -18.5. The predicted octanol–water partition coefficient (Wildman–Crippen LogP) is -11.5. The topological polar surface area (TPSA) is 546 Å². The highest BCUT2D eigenvalue weighted by Crippen LogP contribution is 2.04. The van der Waals surface area contributed by atoms with Gasteiger partial charge in [-0.25, -0.2) is 4.79 Å². The van der Waals surface area contributed by atoms with Gasteiger partial charge in [-0.2, -0.15) is 0 Å². The third kappa shape index (κ3) is 20.2. The minimum Gasteiger partial charge on any atom is -0.481 e. The van der Waals surface area contributed by atoms with Crippen LogP contribution in [0.25, 0.3) is 0 Å². The molecule has 0 aliphatic rings. The SMILES string of the molecule is C[C@@H](O)[C@H](NC(=O)[C@H](CO)NC(=O)[C@@H](CO)NC(=O)[C@H](CC(=O)O)NC(=O)[C@@H](CC(=O)O)NC(=O)[C@H](CC(=O)O)NC(=O)[C@H](N)CC(=O)O)C(=O)N[C@@H](CO)C(=O)N[C@H](CO)C(=O)O. The molecular formula is C32H49N9O23. The molecule has 0 fully saturated rings. The molecule has 32 nitrogen and oxygen atoms in total. The van der Waals surface area contributed by atoms with Crippen LogP contribution in [0.4, 0.5) is 0 Å². The fourth-order valence-electron chi connectivity index (χ4n) is 4.76. The van der Waals surface area contributed by atoms with Crippen LogP contribution in [0.5, 0.6) is 0 Å². The molecule has 0 rings (SSSR count). The number of aliphatic carboxylic acids is 5. The number of rotatable bonds is 30. The van der Waals surface area contributed by atoms with Gasteiger partial charge in [0.25, 0.3) is 0 Å². The van der Waals surface area contributed by atoms with Gasteiger partial charge in [0.05, 0.1) is 64.3 Å². The normalized spacial score (nSPS) is 15.5. The summed E-state index contributed by atoms with van der Waals surface area (Å²) in [5, 5.41) is 109. The number of hydrogen-bond donors (Lipinski definition) is 19. The van der Waals surface area contributed by atoms with Crippen LogP contribution in [0, 0.1) is 0 Å². The van der Waals surface area contributed by atoms with Crippen molar-refractivity contribution in [2.45, 2.75) is 93.1 Å². The summed E-state index contributed by atoms with van der Waals surface area (Å²) in [4.78, 5) is 159. The molecule has 0 aliphatic carbocycles. The highest BCUT2D eigenvalue weighted by Gasteiger charge is 2.37. The van der Waals surface area contributed by atoms with E-state index in [1.165, 1.54) is 0 Å². The van der Waals surface area contributed by atoms with Gasteiger partial charge in [-0.05, 0) is 6.92 Å². The van der Waals surface area contributed by atoms with E-state index in [9.17, 15) is 98.1 Å². The number of nitrogens with one attached hydrogen (secondary N) is 8. The second kappa shape index (κ2) is 27.7. The van der Waals surface area contributed by atoms with Crippen molar-refractivity contribution >= 4 is 77.1 Å². The summed E-state index contributed by atoms with van der Waals surface area (Å²) in [5.41, 5.74) is 5.40. The third-order valence-electron chi connectivity index (χ3n) is 8.07. The molecule has 0 aliphatic heterocycles. The summed E-state index contributed by atoms with van der Waals surface area (Å²) >= 11 is 0. The van der Waals surface area contributed by atoms with Gasteiger partial charge in [0.2, 0.25) is 47.3 Å². The zero-order valence-corrected chi connectivity index (χ0v) is 33.3. The Morgan fingerprint density at radius 1 is 0.375 bits per heavy atom. The molecule has 0 saturated carbocycles. The molecule has 0 bridgehead atoms. The van der Waals surface area contributed by atoms with Crippen LogP contribution < -0.4 is 48.3 Å². The van der Waals surface area contributed by atoms with Crippen molar-refractivity contribution in [3.8, 4) is 0 Å². The predicted molar refractivity (Wildman–Crippen MR) is 200 cm³/mol. The standard InChI is InChI=1S/C32H49N9O23/c1-10(46)23(31(62)39-16(7-43)29(60)40-18(9-45)32(63)64)41-30(61)17(8-44)38-28(59)15(6-42)37-27(58)14(5-22(53)54)36-26(57)13(4-21(51)52)35-25(56)12(3-20(49)50)34-24(55)11(33)2-19(47)48/h10-18,23,42-46H,2-9,33H2,1H3,(H,34,55)(H,35,56)(H,36,57)(H,37,58)(H,38,59)(H,39,62)(H,40,60)(H,41,61)(H,47,48)(H,49,50)(H,51,52)(H,53,54)(H,63,64)/t10-,11-,12+,13-,14+,15-,16+,17+,18-,23+/m1/s1. The van der Waals surface area contributed by atoms with Gasteiger partial charge in [0.1, 0.15) is 48.3 Å². The lowest BCUT2D eigenvalue weighted by atomic mass is 10.1. The van der Waals surface area contributed by atoms with Gasteiger partial charge in [0.15, 0.2) is 0 Å². The van der Waals surface area contributed by atoms with E-state index in [-0.39, 0.29) is 0 Å². The van der Waals surface area contributed by atoms with Gasteiger partial charge in [-0.1, -0.05) is 0 Å². The first kappa shape index (κ1) is 56.9. The summed E-state index contributed by atoms with van der Waals surface area (Å²) in [6.07, 6.45) is -6.68. The maximum atomic E-state index is 13.2. The fraction of sp³-hybridized carbons (Fsp3) is 0.594. The molecule has 0 spiro atoms. The van der Waals surface area contributed by atoms with Crippen LogP contribution in [0.3, 0.4) is 0 Å². The average Bonchev–Trinajstić information content (AvgIpc) is 3.19. The molecule has 360 valence electrons. The quantitative estimate of drug-likeness (QED) is 0.0318. The first-order chi connectivity index (χ1) is 29.7. The lowest BCUT2D eigenvalue weighted by molar-refractivity contribution is -0.144. The lowest BCUT2D eigenvalue weighted by Crippen LogP contribution is -2.63. The van der Waals surface area contributed by atoms with E-state index in [1.807, 2.05) is 26.6 Å². The minimum atomic E-state index is -2.27. The molecule has 0 aromatic carbocycles. The lowest BCUT2D eigenvalue weighted by Gasteiger charge is -2.27. The van der Waals surface area contributed by atoms with Gasteiger partial charge in [-0.3, -0.25) is 57.5 Å². The van der Waals surface area contributed by atoms with Crippen molar-refractivity contribution in [1.29, 1.82) is 0 Å². The number of carboxylic acid groups (broad SMARTS) is 5. The van der Waals surface area contributed by atoms with E-state index in [0.717, 1.165) is 6.92 Å². The second-order valence-corrected chi connectivity index (χ2v) is 13.2. The van der Waals surface area contributed by atoms with Crippen LogP contribution in [-0.4, -0.2) is 215 Å². The van der Waals surface area contributed by atoms with Crippen LogP contribution in [0.2, 0.25) is 0 Å². The largest absolute Gasteiger partial charge is 0.481 e. The molecule has 0 saturated heterocycles. The maximum absolute atomic E-state index is 13.2. The molecule has 8 amide bonds. The molecular weight excluding hydrogens is 878 g/mol. The molecule has 0 aromatic heterocycles. The highest BCUT2D eigenvalue weighted by atomic mass is 16.4. The summed E-state index contributed by atoms with van der Waals surface area (Å²) < 4.78 is 0. The van der Waals surface area contributed by atoms with E-state index < -0.39 is 190 Å². The Labute approximate surface area is 358 Å². The van der Waals surface area contributed by atoms with Gasteiger partial charge >= 0.3 is 29.8 Å². The highest BCUT2D eigenvalue weighted by molar-refractivity contribution is 6.00. The van der Waals surface area contributed by atoms with E-state index in [1.54, 1.807) is 16.0 Å². The average molecular weight is 928 g/mol. The second-order valence-electron chi connectivity index (χ2n) is 13.2. The number of nitrogens with two attached hydrogens (primary N) is 1. The van der Waals surface area contributed by atoms with E-state index in [4.69, 9.17) is 21.1 Å². The van der Waals surface area contributed by atoms with Crippen molar-refractivity contribution < 1.29 is 113 Å². The van der Waals surface area contributed by atoms with Crippen LogP contribution >= 0.6 is 0 Å². The Kier molecular flexibility index (Phi) is 24.6. The number of hydrogen-bond acceptors (Lipinski definition) is 19. The monoisotopic (exact) mass is 927 g/mol. The molecule has 0 aromatic rings. The summed E-state index contributed by atoms with van der Waals surface area (Å²) in [5.74, 6) is -20.4. The van der Waals surface area contributed by atoms with Crippen molar-refractivity contribution in [3.05, 3.63) is 0 Å². The Hall–Kier alpha value is -7.13. The molecule has 20 N–H and O–H groups in total. The van der Waals surface area contributed by atoms with Gasteiger partial charge in [0, 0.05) is 0 Å². The van der Waals surface area contributed by atoms with Gasteiger partial charge < -0.3 is 99.3 Å². The number of carboxylic acids is 5. The number of carbonyl (C=O) groups excluding carboxylic acids is 8. The van der Waals surface area contributed by atoms with Crippen molar-refractivity contribution in [3.63, 3.8) is 0 Å². The van der Waals surface area contributed by atoms with E-state index in [2.05, 4.69) is 0 Å². The van der Waals surface area contributed by atoms with Crippen molar-refractivity contribution in [2.75, 3.05) is 26.4 Å². The fourth-order valence-corrected chi connectivity index (χ4v) is 4.76. The number of aliphatic hydroxyl groups is 5. The Morgan fingerprint density at radius 2 is 0.625 bits per heavy atom. The summed E-state index contributed by atoms with van der Waals surface area (Å²) in [7, 11) is 0. The van der Waals surface area contributed by atoms with Crippen LogP contribution in [-0.2, 0) is 62.3 Å². The maximum Gasteiger partial charge on any atom is 0.328 e. The molecule has 10 atom stereocenters. The van der Waals surface area contributed by atoms with Crippen molar-refractivity contribution in [2.24, 2.45) is 5.73 Å².